The van der Waals surface area contributed by atoms with Crippen LogP contribution in [0.5, 0.6) is 0 Å². The lowest BCUT2D eigenvalue weighted by atomic mass is 10.2. The second-order valence-corrected chi connectivity index (χ2v) is 8.57. The van der Waals surface area contributed by atoms with Crippen LogP contribution in [0, 0.1) is 0 Å². The molecular formula is C19H21ClN4O3S. The van der Waals surface area contributed by atoms with Crippen molar-refractivity contribution < 1.29 is 13.2 Å². The fourth-order valence-electron chi connectivity index (χ4n) is 2.97. The number of rotatable bonds is 6. The van der Waals surface area contributed by atoms with Crippen molar-refractivity contribution in [1.82, 2.24) is 13.9 Å². The first-order chi connectivity index (χ1) is 13.3. The smallest absolute Gasteiger partial charge is 0.258 e. The van der Waals surface area contributed by atoms with Gasteiger partial charge in [0.25, 0.3) is 5.91 Å². The number of fused-ring (bicyclic) bond motifs is 1. The molecule has 1 amide bonds. The van der Waals surface area contributed by atoms with E-state index in [4.69, 9.17) is 11.6 Å². The normalized spacial score (nSPS) is 11.9. The number of aryl methyl sites for hydroxylation is 1. The van der Waals surface area contributed by atoms with Crippen LogP contribution in [0.25, 0.3) is 11.0 Å². The first kappa shape index (κ1) is 20.3. The Morgan fingerprint density at radius 2 is 1.89 bits per heavy atom. The number of benzene rings is 2. The van der Waals surface area contributed by atoms with E-state index in [2.05, 4.69) is 10.3 Å². The van der Waals surface area contributed by atoms with Crippen molar-refractivity contribution in [2.75, 3.05) is 18.4 Å². The Hall–Kier alpha value is -2.42. The molecule has 9 heteroatoms. The van der Waals surface area contributed by atoms with Crippen LogP contribution < -0.4 is 5.32 Å². The molecule has 0 bridgehead atoms. The van der Waals surface area contributed by atoms with Crippen LogP contribution in [0.4, 0.5) is 5.95 Å². The highest BCUT2D eigenvalue weighted by atomic mass is 35.5. The molecule has 1 aromatic heterocycles. The summed E-state index contributed by atoms with van der Waals surface area (Å²) in [6.07, 6.45) is 0. The number of carbonyl (C=O) groups excluding carboxylic acids is 1. The van der Waals surface area contributed by atoms with Gasteiger partial charge in [-0.15, -0.1) is 0 Å². The molecule has 0 saturated heterocycles. The minimum Gasteiger partial charge on any atom is -0.313 e. The topological polar surface area (TPSA) is 84.3 Å². The first-order valence-electron chi connectivity index (χ1n) is 8.81. The number of anilines is 1. The van der Waals surface area contributed by atoms with Gasteiger partial charge >= 0.3 is 0 Å². The van der Waals surface area contributed by atoms with Gasteiger partial charge in [-0.05, 0) is 36.4 Å². The van der Waals surface area contributed by atoms with Crippen LogP contribution in [-0.2, 0) is 17.1 Å². The van der Waals surface area contributed by atoms with Gasteiger partial charge in [-0.25, -0.2) is 13.4 Å². The number of amides is 1. The van der Waals surface area contributed by atoms with Gasteiger partial charge in [0.05, 0.1) is 15.9 Å². The van der Waals surface area contributed by atoms with E-state index in [0.717, 1.165) is 5.52 Å². The van der Waals surface area contributed by atoms with Gasteiger partial charge in [-0.3, -0.25) is 10.1 Å². The lowest BCUT2D eigenvalue weighted by molar-refractivity contribution is 0.102. The summed E-state index contributed by atoms with van der Waals surface area (Å²) in [5.41, 5.74) is 1.71. The second-order valence-electron chi connectivity index (χ2n) is 6.20. The molecule has 3 rings (SSSR count). The first-order valence-corrected chi connectivity index (χ1v) is 10.6. The van der Waals surface area contributed by atoms with Crippen molar-refractivity contribution in [2.45, 2.75) is 18.7 Å². The molecule has 0 aliphatic rings. The lowest BCUT2D eigenvalue weighted by Crippen LogP contribution is -2.30. The van der Waals surface area contributed by atoms with Crippen LogP contribution in [0.1, 0.15) is 24.2 Å². The van der Waals surface area contributed by atoms with Crippen molar-refractivity contribution in [3.05, 3.63) is 53.1 Å². The molecule has 0 spiro atoms. The SMILES string of the molecule is CCN(CC)S(=O)(=O)c1cccc(C(=O)Nc2nc3cc(Cl)ccc3n2C)c1. The average molecular weight is 421 g/mol. The lowest BCUT2D eigenvalue weighted by Gasteiger charge is -2.18. The van der Waals surface area contributed by atoms with Gasteiger partial charge in [-0.2, -0.15) is 4.31 Å². The molecule has 0 saturated carbocycles. The molecule has 7 nitrogen and oxygen atoms in total. The molecular weight excluding hydrogens is 400 g/mol. The van der Waals surface area contributed by atoms with E-state index in [1.807, 2.05) is 6.07 Å². The summed E-state index contributed by atoms with van der Waals surface area (Å²) in [5, 5.41) is 3.29. The highest BCUT2D eigenvalue weighted by molar-refractivity contribution is 7.89. The van der Waals surface area contributed by atoms with Gasteiger partial charge in [0.1, 0.15) is 0 Å². The van der Waals surface area contributed by atoms with E-state index in [1.54, 1.807) is 49.7 Å². The molecule has 0 fully saturated rings. The van der Waals surface area contributed by atoms with E-state index in [0.29, 0.717) is 29.6 Å². The largest absolute Gasteiger partial charge is 0.313 e. The Kier molecular flexibility index (Phi) is 5.74. The summed E-state index contributed by atoms with van der Waals surface area (Å²) in [4.78, 5) is 17.2. The van der Waals surface area contributed by atoms with Crippen LogP contribution in [0.3, 0.4) is 0 Å². The third-order valence-corrected chi connectivity index (χ3v) is 6.79. The quantitative estimate of drug-likeness (QED) is 0.661. The Balaban J connectivity index is 1.91. The molecule has 3 aromatic rings. The maximum Gasteiger partial charge on any atom is 0.258 e. The van der Waals surface area contributed by atoms with Gasteiger partial charge in [0.15, 0.2) is 0 Å². The molecule has 0 radical (unpaired) electrons. The number of hydrogen-bond donors (Lipinski definition) is 1. The van der Waals surface area contributed by atoms with Crippen LogP contribution in [0.15, 0.2) is 47.4 Å². The summed E-state index contributed by atoms with van der Waals surface area (Å²) >= 11 is 5.99. The number of nitrogens with zero attached hydrogens (tertiary/aromatic N) is 3. The van der Waals surface area contributed by atoms with Crippen molar-refractivity contribution in [3.8, 4) is 0 Å². The Bertz CT molecular complexity index is 1140. The average Bonchev–Trinajstić information content (AvgIpc) is 2.97. The summed E-state index contributed by atoms with van der Waals surface area (Å²) < 4.78 is 28.5. The van der Waals surface area contributed by atoms with Crippen LogP contribution in [-0.4, -0.2) is 41.3 Å². The third kappa shape index (κ3) is 3.76. The van der Waals surface area contributed by atoms with Crippen molar-refractivity contribution in [2.24, 2.45) is 7.05 Å². The molecule has 148 valence electrons. The highest BCUT2D eigenvalue weighted by Gasteiger charge is 2.23. The molecule has 0 aliphatic heterocycles. The summed E-state index contributed by atoms with van der Waals surface area (Å²) in [6.45, 7) is 4.26. The number of sulfonamides is 1. The predicted octanol–water partition coefficient (Wildman–Crippen LogP) is 3.51. The summed E-state index contributed by atoms with van der Waals surface area (Å²) in [7, 11) is -1.87. The molecule has 0 unspecified atom stereocenters. The standard InChI is InChI=1S/C19H21ClN4O3S/c1-4-24(5-2)28(26,27)15-8-6-7-13(11-15)18(25)22-19-21-16-12-14(20)9-10-17(16)23(19)3/h6-12H,4-5H2,1-3H3,(H,21,22,25). The van der Waals surface area contributed by atoms with Gasteiger partial charge in [-0.1, -0.05) is 31.5 Å². The Labute approximate surface area is 169 Å². The maximum absolute atomic E-state index is 12.7. The molecule has 28 heavy (non-hydrogen) atoms. The predicted molar refractivity (Wildman–Crippen MR) is 110 cm³/mol. The van der Waals surface area contributed by atoms with E-state index < -0.39 is 15.9 Å². The summed E-state index contributed by atoms with van der Waals surface area (Å²) in [6, 6.07) is 11.3. The molecule has 0 atom stereocenters. The van der Waals surface area contributed by atoms with Gasteiger partial charge < -0.3 is 4.57 Å². The van der Waals surface area contributed by atoms with E-state index in [9.17, 15) is 13.2 Å². The minimum atomic E-state index is -3.65. The van der Waals surface area contributed by atoms with Crippen LogP contribution in [0.2, 0.25) is 5.02 Å². The monoisotopic (exact) mass is 420 g/mol. The Morgan fingerprint density at radius 3 is 2.57 bits per heavy atom. The van der Waals surface area contributed by atoms with Gasteiger partial charge in [0.2, 0.25) is 16.0 Å². The van der Waals surface area contributed by atoms with Crippen molar-refractivity contribution in [3.63, 3.8) is 0 Å². The third-order valence-electron chi connectivity index (χ3n) is 4.51. The zero-order valence-electron chi connectivity index (χ0n) is 15.8. The molecule has 2 aromatic carbocycles. The number of carbonyl (C=O) groups is 1. The molecule has 0 aliphatic carbocycles. The number of imidazole rings is 1. The summed E-state index contributed by atoms with van der Waals surface area (Å²) in [5.74, 6) is -0.0969. The minimum absolute atomic E-state index is 0.0839. The van der Waals surface area contributed by atoms with Gasteiger partial charge in [0, 0.05) is 30.7 Å². The fourth-order valence-corrected chi connectivity index (χ4v) is 4.64. The molecule has 1 N–H and O–H groups in total. The number of hydrogen-bond acceptors (Lipinski definition) is 4. The van der Waals surface area contributed by atoms with E-state index in [1.165, 1.54) is 16.4 Å². The van der Waals surface area contributed by atoms with E-state index in [-0.39, 0.29) is 10.5 Å². The fraction of sp³-hybridized carbons (Fsp3) is 0.263. The van der Waals surface area contributed by atoms with Crippen molar-refractivity contribution in [1.29, 1.82) is 0 Å². The zero-order valence-corrected chi connectivity index (χ0v) is 17.4. The van der Waals surface area contributed by atoms with Crippen LogP contribution >= 0.6 is 11.6 Å². The number of halogens is 1. The van der Waals surface area contributed by atoms with E-state index >= 15 is 0 Å². The highest BCUT2D eigenvalue weighted by Crippen LogP contribution is 2.23. The molecule has 1 heterocycles. The number of aromatic nitrogens is 2. The maximum atomic E-state index is 12.7. The second kappa shape index (κ2) is 7.90. The van der Waals surface area contributed by atoms with Crippen molar-refractivity contribution >= 4 is 44.5 Å². The zero-order chi connectivity index (χ0) is 20.5. The Morgan fingerprint density at radius 1 is 1.18 bits per heavy atom. The number of nitrogens with one attached hydrogen (secondary N) is 1.